The number of sulfonamides is 1. The normalized spacial score (nSPS) is 11.3. The molecule has 0 unspecified atom stereocenters. The molecule has 0 saturated carbocycles. The molecule has 0 bridgehead atoms. The highest BCUT2D eigenvalue weighted by Crippen LogP contribution is 2.29. The fraction of sp³-hybridized carbons (Fsp3) is 0.0833. The molecule has 2 rings (SSSR count). The van der Waals surface area contributed by atoms with Gasteiger partial charge in [-0.25, -0.2) is 12.8 Å². The zero-order chi connectivity index (χ0) is 14.9. The van der Waals surface area contributed by atoms with E-state index in [1.165, 1.54) is 19.4 Å². The van der Waals surface area contributed by atoms with Crippen LogP contribution in [0.2, 0.25) is 0 Å². The lowest BCUT2D eigenvalue weighted by Crippen LogP contribution is -2.27. The molecule has 1 aromatic carbocycles. The molecule has 0 saturated heterocycles. The van der Waals surface area contributed by atoms with E-state index in [2.05, 4.69) is 20.9 Å². The fourth-order valence-electron chi connectivity index (χ4n) is 1.59. The number of benzene rings is 1. The summed E-state index contributed by atoms with van der Waals surface area (Å²) in [6, 6.07) is 5.32. The fourth-order valence-corrected chi connectivity index (χ4v) is 3.39. The van der Waals surface area contributed by atoms with Crippen LogP contribution in [0.5, 0.6) is 0 Å². The molecule has 0 atom stereocenters. The second kappa shape index (κ2) is 5.37. The SMILES string of the molecule is CN(c1cccnc1)S(=O)(=O)c1cc(Br)c(F)cc1N. The predicted molar refractivity (Wildman–Crippen MR) is 78.3 cm³/mol. The molecule has 0 aliphatic heterocycles. The lowest BCUT2D eigenvalue weighted by atomic mass is 10.3. The average Bonchev–Trinajstić information content (AvgIpc) is 2.42. The monoisotopic (exact) mass is 359 g/mol. The van der Waals surface area contributed by atoms with Gasteiger partial charge in [0.15, 0.2) is 0 Å². The largest absolute Gasteiger partial charge is 0.398 e. The molecule has 106 valence electrons. The standard InChI is InChI=1S/C12H11BrFN3O2S/c1-17(8-3-2-4-16-7-8)20(18,19)12-5-9(13)10(14)6-11(12)15/h2-7H,15H2,1H3. The lowest BCUT2D eigenvalue weighted by molar-refractivity contribution is 0.593. The Kier molecular flexibility index (Phi) is 3.96. The van der Waals surface area contributed by atoms with E-state index in [0.29, 0.717) is 5.69 Å². The molecule has 8 heteroatoms. The molecule has 0 radical (unpaired) electrons. The minimum atomic E-state index is -3.89. The number of hydrogen-bond donors (Lipinski definition) is 1. The molecular weight excluding hydrogens is 349 g/mol. The first-order valence-electron chi connectivity index (χ1n) is 5.47. The Morgan fingerprint density at radius 1 is 1.40 bits per heavy atom. The second-order valence-electron chi connectivity index (χ2n) is 3.99. The molecule has 0 fully saturated rings. The third kappa shape index (κ3) is 2.61. The summed E-state index contributed by atoms with van der Waals surface area (Å²) in [7, 11) is -2.51. The topological polar surface area (TPSA) is 76.3 Å². The van der Waals surface area contributed by atoms with Gasteiger partial charge in [-0.05, 0) is 40.2 Å². The summed E-state index contributed by atoms with van der Waals surface area (Å²) in [5.41, 5.74) is 5.84. The van der Waals surface area contributed by atoms with Crippen molar-refractivity contribution in [3.05, 3.63) is 46.9 Å². The van der Waals surface area contributed by atoms with Gasteiger partial charge in [0.1, 0.15) is 10.7 Å². The average molecular weight is 360 g/mol. The van der Waals surface area contributed by atoms with Gasteiger partial charge >= 0.3 is 0 Å². The van der Waals surface area contributed by atoms with Gasteiger partial charge in [0.2, 0.25) is 0 Å². The maximum Gasteiger partial charge on any atom is 0.266 e. The van der Waals surface area contributed by atoms with Gasteiger partial charge in [-0.2, -0.15) is 0 Å². The summed E-state index contributed by atoms with van der Waals surface area (Å²) in [6.07, 6.45) is 2.94. The smallest absolute Gasteiger partial charge is 0.266 e. The number of nitrogen functional groups attached to an aromatic ring is 1. The third-order valence-electron chi connectivity index (χ3n) is 2.70. The molecule has 2 aromatic rings. The Labute approximate surface area is 124 Å². The van der Waals surface area contributed by atoms with Gasteiger partial charge in [-0.3, -0.25) is 9.29 Å². The Bertz CT molecular complexity index is 738. The van der Waals surface area contributed by atoms with E-state index < -0.39 is 15.8 Å². The van der Waals surface area contributed by atoms with E-state index in [-0.39, 0.29) is 15.1 Å². The van der Waals surface area contributed by atoms with Crippen molar-refractivity contribution >= 4 is 37.3 Å². The lowest BCUT2D eigenvalue weighted by Gasteiger charge is -2.20. The molecule has 0 aliphatic rings. The van der Waals surface area contributed by atoms with Crippen molar-refractivity contribution in [2.45, 2.75) is 4.90 Å². The minimum absolute atomic E-state index is 0.0323. The Morgan fingerprint density at radius 2 is 2.10 bits per heavy atom. The number of pyridine rings is 1. The van der Waals surface area contributed by atoms with Crippen molar-refractivity contribution in [3.63, 3.8) is 0 Å². The number of rotatable bonds is 3. The number of halogens is 2. The van der Waals surface area contributed by atoms with E-state index in [0.717, 1.165) is 16.4 Å². The number of nitrogens with two attached hydrogens (primary N) is 1. The van der Waals surface area contributed by atoms with Crippen molar-refractivity contribution in [3.8, 4) is 0 Å². The molecule has 0 amide bonds. The van der Waals surface area contributed by atoms with Crippen LogP contribution in [0.15, 0.2) is 46.0 Å². The molecule has 1 heterocycles. The highest BCUT2D eigenvalue weighted by Gasteiger charge is 2.25. The number of aromatic nitrogens is 1. The maximum absolute atomic E-state index is 13.3. The highest BCUT2D eigenvalue weighted by atomic mass is 79.9. The van der Waals surface area contributed by atoms with Crippen LogP contribution in [0.1, 0.15) is 0 Å². The van der Waals surface area contributed by atoms with Crippen LogP contribution in [0.25, 0.3) is 0 Å². The summed E-state index contributed by atoms with van der Waals surface area (Å²) >= 11 is 2.95. The highest BCUT2D eigenvalue weighted by molar-refractivity contribution is 9.10. The van der Waals surface area contributed by atoms with E-state index in [1.54, 1.807) is 12.1 Å². The first-order valence-corrected chi connectivity index (χ1v) is 7.71. The van der Waals surface area contributed by atoms with E-state index in [1.807, 2.05) is 0 Å². The van der Waals surface area contributed by atoms with Crippen LogP contribution in [-0.4, -0.2) is 20.4 Å². The zero-order valence-electron chi connectivity index (χ0n) is 10.4. The first-order chi connectivity index (χ1) is 9.34. The van der Waals surface area contributed by atoms with Gasteiger partial charge in [-0.15, -0.1) is 0 Å². The molecule has 0 spiro atoms. The maximum atomic E-state index is 13.3. The van der Waals surface area contributed by atoms with E-state index in [4.69, 9.17) is 5.73 Å². The van der Waals surface area contributed by atoms with Crippen LogP contribution in [0.3, 0.4) is 0 Å². The molecular formula is C12H11BrFN3O2S. The number of anilines is 2. The minimum Gasteiger partial charge on any atom is -0.398 e. The van der Waals surface area contributed by atoms with Crippen molar-refractivity contribution in [1.82, 2.24) is 4.98 Å². The quantitative estimate of drug-likeness (QED) is 0.853. The van der Waals surface area contributed by atoms with Crippen LogP contribution < -0.4 is 10.0 Å². The summed E-state index contributed by atoms with van der Waals surface area (Å²) in [5.74, 6) is -0.620. The van der Waals surface area contributed by atoms with Crippen LogP contribution in [-0.2, 0) is 10.0 Å². The number of hydrogen-bond acceptors (Lipinski definition) is 4. The third-order valence-corrected chi connectivity index (χ3v) is 5.15. The Hall–Kier alpha value is -1.67. The van der Waals surface area contributed by atoms with Crippen molar-refractivity contribution < 1.29 is 12.8 Å². The van der Waals surface area contributed by atoms with Gasteiger partial charge < -0.3 is 5.73 Å². The summed E-state index contributed by atoms with van der Waals surface area (Å²) < 4.78 is 39.4. The Balaban J connectivity index is 2.54. The molecule has 0 aliphatic carbocycles. The van der Waals surface area contributed by atoms with Gasteiger partial charge in [0.25, 0.3) is 10.0 Å². The van der Waals surface area contributed by atoms with E-state index >= 15 is 0 Å². The van der Waals surface area contributed by atoms with Crippen molar-refractivity contribution in [2.75, 3.05) is 17.1 Å². The van der Waals surface area contributed by atoms with Crippen molar-refractivity contribution in [2.24, 2.45) is 0 Å². The Morgan fingerprint density at radius 3 is 2.70 bits per heavy atom. The molecule has 1 aromatic heterocycles. The van der Waals surface area contributed by atoms with Crippen molar-refractivity contribution in [1.29, 1.82) is 0 Å². The van der Waals surface area contributed by atoms with Gasteiger partial charge in [0, 0.05) is 13.2 Å². The summed E-state index contributed by atoms with van der Waals surface area (Å²) in [4.78, 5) is 3.69. The van der Waals surface area contributed by atoms with Crippen LogP contribution in [0, 0.1) is 5.82 Å². The van der Waals surface area contributed by atoms with Gasteiger partial charge in [-0.1, -0.05) is 0 Å². The number of nitrogens with zero attached hydrogens (tertiary/aromatic N) is 2. The van der Waals surface area contributed by atoms with E-state index in [9.17, 15) is 12.8 Å². The zero-order valence-corrected chi connectivity index (χ0v) is 12.8. The molecule has 5 nitrogen and oxygen atoms in total. The van der Waals surface area contributed by atoms with Gasteiger partial charge in [0.05, 0.1) is 22.0 Å². The second-order valence-corrected chi connectivity index (χ2v) is 6.78. The summed E-state index contributed by atoms with van der Waals surface area (Å²) in [6.45, 7) is 0. The molecule has 20 heavy (non-hydrogen) atoms. The predicted octanol–water partition coefficient (Wildman–Crippen LogP) is 2.39. The molecule has 2 N–H and O–H groups in total. The van der Waals surface area contributed by atoms with Crippen LogP contribution in [0.4, 0.5) is 15.8 Å². The summed E-state index contributed by atoms with van der Waals surface area (Å²) in [5, 5.41) is 0. The van der Waals surface area contributed by atoms with Crippen LogP contribution >= 0.6 is 15.9 Å². The first kappa shape index (κ1) is 14.7.